The van der Waals surface area contributed by atoms with Gasteiger partial charge in [-0.05, 0) is 33.1 Å². The summed E-state index contributed by atoms with van der Waals surface area (Å²) in [5, 5.41) is 3.31. The molecule has 0 bridgehead atoms. The fraction of sp³-hybridized carbons (Fsp3) is 0.933. The van der Waals surface area contributed by atoms with E-state index in [2.05, 4.69) is 5.32 Å². The Morgan fingerprint density at radius 3 is 2.52 bits per heavy atom. The summed E-state index contributed by atoms with van der Waals surface area (Å²) in [6.45, 7) is 6.67. The minimum absolute atomic E-state index is 0.252. The van der Waals surface area contributed by atoms with Gasteiger partial charge in [0.1, 0.15) is 5.54 Å². The number of hydrogen-bond donors (Lipinski definition) is 1. The molecule has 0 heterocycles. The molecule has 1 N–H and O–H groups in total. The quantitative estimate of drug-likeness (QED) is 0.406. The minimum atomic E-state index is -0.771. The topological polar surface area (TPSA) is 66.0 Å². The second kappa shape index (κ2) is 10.1. The lowest BCUT2D eigenvalue weighted by atomic mass is 10.0. The molecule has 0 aliphatic heterocycles. The zero-order valence-electron chi connectivity index (χ0n) is 13.5. The van der Waals surface area contributed by atoms with Crippen molar-refractivity contribution in [2.75, 3.05) is 46.8 Å². The maximum absolute atomic E-state index is 12.1. The standard InChI is InChI=1S/C15H29NO5/c1-4-21-14(17)15(2,16-13-6-7-13)12-20-11-10-19-9-5-8-18-3/h13,16H,4-12H2,1-3H3. The van der Waals surface area contributed by atoms with Crippen LogP contribution in [0, 0.1) is 0 Å². The number of carbonyl (C=O) groups excluding carboxylic acids is 1. The van der Waals surface area contributed by atoms with Gasteiger partial charge < -0.3 is 18.9 Å². The first-order valence-corrected chi connectivity index (χ1v) is 7.71. The molecule has 1 rings (SSSR count). The van der Waals surface area contributed by atoms with Crippen LogP contribution >= 0.6 is 0 Å². The smallest absolute Gasteiger partial charge is 0.328 e. The van der Waals surface area contributed by atoms with Crippen LogP contribution in [-0.2, 0) is 23.7 Å². The van der Waals surface area contributed by atoms with Crippen LogP contribution in [0.5, 0.6) is 0 Å². The molecule has 0 aromatic heterocycles. The number of methoxy groups -OCH3 is 1. The maximum atomic E-state index is 12.1. The summed E-state index contributed by atoms with van der Waals surface area (Å²) in [6.07, 6.45) is 3.09. The van der Waals surface area contributed by atoms with Crippen molar-refractivity contribution >= 4 is 5.97 Å². The lowest BCUT2D eigenvalue weighted by molar-refractivity contribution is -0.153. The van der Waals surface area contributed by atoms with Crippen LogP contribution in [0.3, 0.4) is 0 Å². The molecule has 0 spiro atoms. The van der Waals surface area contributed by atoms with Crippen LogP contribution in [-0.4, -0.2) is 64.3 Å². The largest absolute Gasteiger partial charge is 0.465 e. The van der Waals surface area contributed by atoms with E-state index in [9.17, 15) is 4.79 Å². The molecule has 1 aliphatic carbocycles. The molecule has 0 amide bonds. The number of esters is 1. The van der Waals surface area contributed by atoms with E-state index in [1.165, 1.54) is 0 Å². The van der Waals surface area contributed by atoms with E-state index in [4.69, 9.17) is 18.9 Å². The molecule has 1 unspecified atom stereocenters. The molecule has 0 aromatic rings. The molecule has 1 fully saturated rings. The van der Waals surface area contributed by atoms with Crippen molar-refractivity contribution in [3.8, 4) is 0 Å². The van der Waals surface area contributed by atoms with Gasteiger partial charge in [0.2, 0.25) is 0 Å². The predicted octanol–water partition coefficient (Wildman–Crippen LogP) is 1.13. The third-order valence-electron chi connectivity index (χ3n) is 3.23. The number of carbonyl (C=O) groups is 1. The zero-order valence-corrected chi connectivity index (χ0v) is 13.5. The van der Waals surface area contributed by atoms with Crippen LogP contribution in [0.1, 0.15) is 33.1 Å². The van der Waals surface area contributed by atoms with E-state index in [0.717, 1.165) is 19.3 Å². The van der Waals surface area contributed by atoms with Crippen LogP contribution in [0.25, 0.3) is 0 Å². The monoisotopic (exact) mass is 303 g/mol. The van der Waals surface area contributed by atoms with Gasteiger partial charge in [0, 0.05) is 26.4 Å². The Kier molecular flexibility index (Phi) is 8.84. The van der Waals surface area contributed by atoms with Crippen LogP contribution in [0.4, 0.5) is 0 Å². The summed E-state index contributed by atoms with van der Waals surface area (Å²) in [5.41, 5.74) is -0.771. The van der Waals surface area contributed by atoms with E-state index in [0.29, 0.717) is 45.7 Å². The van der Waals surface area contributed by atoms with Gasteiger partial charge in [-0.3, -0.25) is 5.32 Å². The minimum Gasteiger partial charge on any atom is -0.465 e. The molecule has 0 saturated heterocycles. The van der Waals surface area contributed by atoms with Crippen LogP contribution < -0.4 is 5.32 Å². The van der Waals surface area contributed by atoms with Crippen molar-refractivity contribution in [2.45, 2.75) is 44.7 Å². The van der Waals surface area contributed by atoms with E-state index >= 15 is 0 Å². The molecule has 0 aromatic carbocycles. The number of hydrogen-bond acceptors (Lipinski definition) is 6. The van der Waals surface area contributed by atoms with E-state index in [1.54, 1.807) is 7.11 Å². The van der Waals surface area contributed by atoms with Crippen LogP contribution in [0.15, 0.2) is 0 Å². The summed E-state index contributed by atoms with van der Waals surface area (Å²) in [5.74, 6) is -0.252. The highest BCUT2D eigenvalue weighted by molar-refractivity contribution is 5.80. The zero-order chi connectivity index (χ0) is 15.6. The van der Waals surface area contributed by atoms with Gasteiger partial charge in [-0.25, -0.2) is 4.79 Å². The van der Waals surface area contributed by atoms with Crippen molar-refractivity contribution in [3.63, 3.8) is 0 Å². The van der Waals surface area contributed by atoms with Gasteiger partial charge in [-0.2, -0.15) is 0 Å². The fourth-order valence-corrected chi connectivity index (χ4v) is 1.93. The second-order valence-corrected chi connectivity index (χ2v) is 5.48. The third kappa shape index (κ3) is 7.76. The lowest BCUT2D eigenvalue weighted by Gasteiger charge is -2.28. The molecule has 124 valence electrons. The highest BCUT2D eigenvalue weighted by atomic mass is 16.5. The van der Waals surface area contributed by atoms with Gasteiger partial charge >= 0.3 is 5.97 Å². The molecule has 1 atom stereocenters. The molecular weight excluding hydrogens is 274 g/mol. The molecule has 1 saturated carbocycles. The number of rotatable bonds is 13. The SMILES string of the molecule is CCOC(=O)C(C)(COCCOCCCOC)NC1CC1. The van der Waals surface area contributed by atoms with E-state index in [1.807, 2.05) is 13.8 Å². The van der Waals surface area contributed by atoms with Gasteiger partial charge in [-0.1, -0.05) is 0 Å². The van der Waals surface area contributed by atoms with Gasteiger partial charge in [0.15, 0.2) is 0 Å². The number of ether oxygens (including phenoxy) is 4. The Morgan fingerprint density at radius 2 is 1.90 bits per heavy atom. The van der Waals surface area contributed by atoms with Crippen molar-refractivity contribution in [1.29, 1.82) is 0 Å². The summed E-state index contributed by atoms with van der Waals surface area (Å²) >= 11 is 0. The highest BCUT2D eigenvalue weighted by Gasteiger charge is 2.39. The molecule has 1 aliphatic rings. The Hall–Kier alpha value is -0.690. The summed E-state index contributed by atoms with van der Waals surface area (Å²) < 4.78 is 21.1. The first-order chi connectivity index (χ1) is 10.1. The van der Waals surface area contributed by atoms with Gasteiger partial charge in [-0.15, -0.1) is 0 Å². The Morgan fingerprint density at radius 1 is 1.19 bits per heavy atom. The molecular formula is C15H29NO5. The summed E-state index contributed by atoms with van der Waals surface area (Å²) in [6, 6.07) is 0.410. The molecule has 6 nitrogen and oxygen atoms in total. The Bertz CT molecular complexity index is 296. The van der Waals surface area contributed by atoms with Crippen LogP contribution in [0.2, 0.25) is 0 Å². The molecule has 6 heteroatoms. The summed E-state index contributed by atoms with van der Waals surface area (Å²) in [4.78, 5) is 12.1. The van der Waals surface area contributed by atoms with Gasteiger partial charge in [0.25, 0.3) is 0 Å². The average molecular weight is 303 g/mol. The molecule has 0 radical (unpaired) electrons. The maximum Gasteiger partial charge on any atom is 0.328 e. The van der Waals surface area contributed by atoms with Gasteiger partial charge in [0.05, 0.1) is 26.4 Å². The Labute approximate surface area is 127 Å². The fourth-order valence-electron chi connectivity index (χ4n) is 1.93. The van der Waals surface area contributed by atoms with E-state index < -0.39 is 5.54 Å². The van der Waals surface area contributed by atoms with Crippen molar-refractivity contribution in [3.05, 3.63) is 0 Å². The first-order valence-electron chi connectivity index (χ1n) is 7.71. The highest BCUT2D eigenvalue weighted by Crippen LogP contribution is 2.23. The predicted molar refractivity (Wildman–Crippen MR) is 79.3 cm³/mol. The number of nitrogens with one attached hydrogen (secondary N) is 1. The third-order valence-corrected chi connectivity index (χ3v) is 3.23. The lowest BCUT2D eigenvalue weighted by Crippen LogP contribution is -2.55. The normalized spacial score (nSPS) is 17.5. The summed E-state index contributed by atoms with van der Waals surface area (Å²) in [7, 11) is 1.67. The van der Waals surface area contributed by atoms with Crippen molar-refractivity contribution in [2.24, 2.45) is 0 Å². The average Bonchev–Trinajstić information content (AvgIpc) is 3.26. The van der Waals surface area contributed by atoms with Crippen molar-refractivity contribution < 1.29 is 23.7 Å². The Balaban J connectivity index is 2.18. The van der Waals surface area contributed by atoms with E-state index in [-0.39, 0.29) is 5.97 Å². The second-order valence-electron chi connectivity index (χ2n) is 5.48. The molecule has 21 heavy (non-hydrogen) atoms. The first kappa shape index (κ1) is 18.4. The van der Waals surface area contributed by atoms with Crippen molar-refractivity contribution in [1.82, 2.24) is 5.32 Å².